The van der Waals surface area contributed by atoms with Crippen molar-refractivity contribution in [3.63, 3.8) is 0 Å². The van der Waals surface area contributed by atoms with E-state index in [1.54, 1.807) is 0 Å². The van der Waals surface area contributed by atoms with Crippen LogP contribution in [0.5, 0.6) is 0 Å². The molecule has 36 heavy (non-hydrogen) atoms. The summed E-state index contributed by atoms with van der Waals surface area (Å²) in [6, 6.07) is 29.2. The van der Waals surface area contributed by atoms with Crippen molar-refractivity contribution in [2.75, 3.05) is 20.3 Å². The maximum absolute atomic E-state index is 10.4. The molecule has 0 spiro atoms. The molecule has 0 aliphatic carbocycles. The van der Waals surface area contributed by atoms with Crippen LogP contribution in [0.2, 0.25) is 0 Å². The molecule has 0 saturated carbocycles. The van der Waals surface area contributed by atoms with Crippen molar-refractivity contribution >= 4 is 0 Å². The van der Waals surface area contributed by atoms with E-state index in [0.717, 1.165) is 16.7 Å². The monoisotopic (exact) mass is 494 g/mol. The molecule has 192 valence electrons. The average molecular weight is 495 g/mol. The van der Waals surface area contributed by atoms with Gasteiger partial charge in [-0.15, -0.1) is 0 Å². The Morgan fingerprint density at radius 1 is 0.639 bits per heavy atom. The summed E-state index contributed by atoms with van der Waals surface area (Å²) in [7, 11) is 1.50. The van der Waals surface area contributed by atoms with E-state index >= 15 is 0 Å². The molecule has 0 amide bonds. The van der Waals surface area contributed by atoms with Crippen LogP contribution in [-0.4, -0.2) is 60.7 Å². The van der Waals surface area contributed by atoms with Crippen molar-refractivity contribution in [3.05, 3.63) is 108 Å². The van der Waals surface area contributed by atoms with E-state index in [1.165, 1.54) is 7.11 Å². The van der Waals surface area contributed by atoms with Gasteiger partial charge in [0.2, 0.25) is 0 Å². The van der Waals surface area contributed by atoms with E-state index in [1.807, 2.05) is 91.0 Å². The number of methoxy groups -OCH3 is 1. The fraction of sp³-hybridized carbons (Fsp3) is 0.379. The first-order valence-electron chi connectivity index (χ1n) is 12.1. The zero-order valence-electron chi connectivity index (χ0n) is 20.4. The van der Waals surface area contributed by atoms with Gasteiger partial charge in [0.15, 0.2) is 6.29 Å². The molecule has 0 aromatic heterocycles. The van der Waals surface area contributed by atoms with Gasteiger partial charge in [-0.2, -0.15) is 0 Å². The first-order valence-corrected chi connectivity index (χ1v) is 12.1. The number of ether oxygens (including phenoxy) is 5. The van der Waals surface area contributed by atoms with E-state index in [2.05, 4.69) is 0 Å². The standard InChI is InChI=1S/C29H34O7/c1-32-28-26(34-18-23-13-7-3-8-14-23)25(33-17-22-11-5-2-6-12-22)27(29(20-30,21-31)36-28)35-19-24-15-9-4-10-16-24/h2-16,25-28,30-31H,17-21H2,1H3/t25-,26-,27+,28+/m1/s1. The summed E-state index contributed by atoms with van der Waals surface area (Å²) in [4.78, 5) is 0. The first kappa shape index (κ1) is 26.4. The Bertz CT molecular complexity index is 1010. The molecule has 1 aliphatic rings. The first-order chi connectivity index (χ1) is 17.7. The van der Waals surface area contributed by atoms with Gasteiger partial charge in [0.25, 0.3) is 0 Å². The van der Waals surface area contributed by atoms with Crippen LogP contribution in [-0.2, 0) is 43.5 Å². The zero-order chi connectivity index (χ0) is 25.2. The van der Waals surface area contributed by atoms with E-state index in [0.29, 0.717) is 6.61 Å². The van der Waals surface area contributed by atoms with E-state index in [-0.39, 0.29) is 13.2 Å². The average Bonchev–Trinajstić information content (AvgIpc) is 2.95. The Kier molecular flexibility index (Phi) is 9.60. The van der Waals surface area contributed by atoms with E-state index < -0.39 is 43.4 Å². The Morgan fingerprint density at radius 2 is 1.06 bits per heavy atom. The van der Waals surface area contributed by atoms with Crippen LogP contribution in [0.4, 0.5) is 0 Å². The lowest BCUT2D eigenvalue weighted by Crippen LogP contribution is -2.69. The summed E-state index contributed by atoms with van der Waals surface area (Å²) in [5.74, 6) is 0. The maximum Gasteiger partial charge on any atom is 0.187 e. The van der Waals surface area contributed by atoms with Crippen molar-refractivity contribution in [3.8, 4) is 0 Å². The minimum atomic E-state index is -1.45. The van der Waals surface area contributed by atoms with E-state index in [4.69, 9.17) is 23.7 Å². The molecule has 1 saturated heterocycles. The third-order valence-electron chi connectivity index (χ3n) is 6.37. The van der Waals surface area contributed by atoms with Crippen LogP contribution >= 0.6 is 0 Å². The van der Waals surface area contributed by atoms with Gasteiger partial charge in [-0.05, 0) is 16.7 Å². The summed E-state index contributed by atoms with van der Waals surface area (Å²) in [5.41, 5.74) is 1.45. The minimum Gasteiger partial charge on any atom is -0.393 e. The minimum absolute atomic E-state index is 0.241. The highest BCUT2D eigenvalue weighted by Gasteiger charge is 2.57. The highest BCUT2D eigenvalue weighted by atomic mass is 16.7. The van der Waals surface area contributed by atoms with Crippen molar-refractivity contribution < 1.29 is 33.9 Å². The Morgan fingerprint density at radius 3 is 1.47 bits per heavy atom. The van der Waals surface area contributed by atoms with Crippen LogP contribution in [0.3, 0.4) is 0 Å². The molecule has 0 unspecified atom stereocenters. The molecule has 3 aromatic carbocycles. The number of rotatable bonds is 12. The molecule has 1 heterocycles. The van der Waals surface area contributed by atoms with Gasteiger partial charge in [-0.25, -0.2) is 0 Å². The third-order valence-corrected chi connectivity index (χ3v) is 6.37. The fourth-order valence-electron chi connectivity index (χ4n) is 4.37. The largest absolute Gasteiger partial charge is 0.393 e. The lowest BCUT2D eigenvalue weighted by Gasteiger charge is -2.51. The quantitative estimate of drug-likeness (QED) is 0.399. The highest BCUT2D eigenvalue weighted by molar-refractivity contribution is 5.16. The summed E-state index contributed by atoms with van der Waals surface area (Å²) in [6.45, 7) is -0.147. The second kappa shape index (κ2) is 13.1. The van der Waals surface area contributed by atoms with Gasteiger partial charge in [-0.3, -0.25) is 0 Å². The number of benzene rings is 3. The van der Waals surface area contributed by atoms with Crippen molar-refractivity contribution in [2.45, 2.75) is 50.0 Å². The van der Waals surface area contributed by atoms with Gasteiger partial charge in [0.05, 0.1) is 33.0 Å². The van der Waals surface area contributed by atoms with Crippen LogP contribution in [0, 0.1) is 0 Å². The van der Waals surface area contributed by atoms with Crippen molar-refractivity contribution in [1.82, 2.24) is 0 Å². The molecule has 4 atom stereocenters. The number of aliphatic hydroxyl groups excluding tert-OH is 2. The zero-order valence-corrected chi connectivity index (χ0v) is 20.4. The molecule has 7 heteroatoms. The molecular weight excluding hydrogens is 460 g/mol. The van der Waals surface area contributed by atoms with Crippen molar-refractivity contribution in [2.24, 2.45) is 0 Å². The van der Waals surface area contributed by atoms with Gasteiger partial charge < -0.3 is 33.9 Å². The SMILES string of the molecule is CO[C@H]1OC(CO)(CO)[C@@H](OCc2ccccc2)[C@H](OCc2ccccc2)[C@H]1OCc1ccccc1. The Labute approximate surface area is 212 Å². The fourth-order valence-corrected chi connectivity index (χ4v) is 4.37. The second-order valence-electron chi connectivity index (χ2n) is 8.84. The predicted octanol–water partition coefficient (Wildman–Crippen LogP) is 3.47. The summed E-state index contributed by atoms with van der Waals surface area (Å²) >= 11 is 0. The number of aliphatic hydroxyl groups is 2. The topological polar surface area (TPSA) is 86.6 Å². The molecule has 1 fully saturated rings. The lowest BCUT2D eigenvalue weighted by molar-refractivity contribution is -0.360. The molecule has 0 bridgehead atoms. The van der Waals surface area contributed by atoms with Crippen LogP contribution in [0.15, 0.2) is 91.0 Å². The van der Waals surface area contributed by atoms with Gasteiger partial charge in [-0.1, -0.05) is 91.0 Å². The van der Waals surface area contributed by atoms with E-state index in [9.17, 15) is 10.2 Å². The molecule has 7 nitrogen and oxygen atoms in total. The van der Waals surface area contributed by atoms with Crippen molar-refractivity contribution in [1.29, 1.82) is 0 Å². The highest BCUT2D eigenvalue weighted by Crippen LogP contribution is 2.36. The smallest absolute Gasteiger partial charge is 0.187 e. The van der Waals surface area contributed by atoms with Crippen LogP contribution in [0.25, 0.3) is 0 Å². The molecule has 1 aliphatic heterocycles. The second-order valence-corrected chi connectivity index (χ2v) is 8.84. The Hall–Kier alpha value is -2.62. The molecular formula is C29H34O7. The Balaban J connectivity index is 1.64. The molecule has 4 rings (SSSR count). The predicted molar refractivity (Wildman–Crippen MR) is 134 cm³/mol. The lowest BCUT2D eigenvalue weighted by atomic mass is 9.87. The van der Waals surface area contributed by atoms with Crippen LogP contribution in [0.1, 0.15) is 16.7 Å². The van der Waals surface area contributed by atoms with Crippen LogP contribution < -0.4 is 0 Å². The summed E-state index contributed by atoms with van der Waals surface area (Å²) in [5, 5.41) is 20.8. The third kappa shape index (κ3) is 6.38. The molecule has 0 radical (unpaired) electrons. The number of hydrogen-bond acceptors (Lipinski definition) is 7. The molecule has 2 N–H and O–H groups in total. The summed E-state index contributed by atoms with van der Waals surface area (Å²) in [6.07, 6.45) is -3.14. The molecule has 3 aromatic rings. The normalized spacial score (nSPS) is 23.4. The number of hydrogen-bond donors (Lipinski definition) is 2. The van der Waals surface area contributed by atoms with Gasteiger partial charge in [0.1, 0.15) is 23.9 Å². The van der Waals surface area contributed by atoms with Gasteiger partial charge in [0, 0.05) is 7.11 Å². The maximum atomic E-state index is 10.4. The summed E-state index contributed by atoms with van der Waals surface area (Å²) < 4.78 is 30.9. The van der Waals surface area contributed by atoms with Gasteiger partial charge >= 0.3 is 0 Å².